The summed E-state index contributed by atoms with van der Waals surface area (Å²) in [7, 11) is 0. The molecular weight excluding hydrogens is 280 g/mol. The van der Waals surface area contributed by atoms with Crippen LogP contribution in [0, 0.1) is 5.41 Å². The monoisotopic (exact) mass is 314 g/mol. The highest BCUT2D eigenvalue weighted by Crippen LogP contribution is 2.11. The quantitative estimate of drug-likeness (QED) is 0.325. The molecule has 0 rings (SSSR count). The zero-order valence-corrected chi connectivity index (χ0v) is 14.9. The van der Waals surface area contributed by atoms with E-state index in [1.54, 1.807) is 0 Å². The second-order valence-electron chi connectivity index (χ2n) is 6.10. The third-order valence-corrected chi connectivity index (χ3v) is 2.90. The zero-order chi connectivity index (χ0) is 16.8. The number of rotatable bonds is 10. The fourth-order valence-corrected chi connectivity index (χ4v) is 1.61. The van der Waals surface area contributed by atoms with E-state index in [1.807, 2.05) is 34.6 Å². The summed E-state index contributed by atoms with van der Waals surface area (Å²) in [5.41, 5.74) is -0.348. The van der Waals surface area contributed by atoms with Gasteiger partial charge in [0.25, 0.3) is 0 Å². The van der Waals surface area contributed by atoms with Crippen LogP contribution in [0.15, 0.2) is 4.99 Å². The summed E-state index contributed by atoms with van der Waals surface area (Å²) >= 11 is 0. The Morgan fingerprint density at radius 3 is 2.32 bits per heavy atom. The summed E-state index contributed by atoms with van der Waals surface area (Å²) in [6.45, 7) is 14.2. The van der Waals surface area contributed by atoms with Gasteiger partial charge in [0.05, 0.1) is 0 Å². The van der Waals surface area contributed by atoms with E-state index in [1.165, 1.54) is 0 Å². The molecule has 0 saturated heterocycles. The highest BCUT2D eigenvalue weighted by atomic mass is 16.5. The number of amides is 1. The van der Waals surface area contributed by atoms with Gasteiger partial charge < -0.3 is 20.7 Å². The van der Waals surface area contributed by atoms with Gasteiger partial charge in [-0.2, -0.15) is 0 Å². The molecule has 0 atom stereocenters. The lowest BCUT2D eigenvalue weighted by atomic mass is 9.96. The van der Waals surface area contributed by atoms with Crippen LogP contribution in [0.4, 0.5) is 0 Å². The summed E-state index contributed by atoms with van der Waals surface area (Å²) in [5, 5.41) is 9.33. The number of hydrogen-bond donors (Lipinski definition) is 3. The maximum absolute atomic E-state index is 11.7. The largest absolute Gasteiger partial charge is 0.382 e. The Labute approximate surface area is 135 Å². The predicted molar refractivity (Wildman–Crippen MR) is 92.2 cm³/mol. The normalized spacial score (nSPS) is 12.1. The molecule has 0 aliphatic carbocycles. The number of ether oxygens (including phenoxy) is 1. The van der Waals surface area contributed by atoms with Gasteiger partial charge in [-0.05, 0) is 26.7 Å². The topological polar surface area (TPSA) is 74.8 Å². The number of carbonyl (C=O) groups is 1. The molecule has 6 heteroatoms. The lowest BCUT2D eigenvalue weighted by Gasteiger charge is -2.18. The first-order chi connectivity index (χ1) is 10.4. The van der Waals surface area contributed by atoms with Crippen molar-refractivity contribution in [2.24, 2.45) is 10.4 Å². The van der Waals surface area contributed by atoms with Crippen molar-refractivity contribution in [1.29, 1.82) is 0 Å². The van der Waals surface area contributed by atoms with E-state index in [-0.39, 0.29) is 11.3 Å². The van der Waals surface area contributed by atoms with Crippen molar-refractivity contribution < 1.29 is 9.53 Å². The summed E-state index contributed by atoms with van der Waals surface area (Å²) in [6, 6.07) is 0. The van der Waals surface area contributed by atoms with Crippen LogP contribution in [0.25, 0.3) is 0 Å². The zero-order valence-electron chi connectivity index (χ0n) is 14.9. The van der Waals surface area contributed by atoms with Crippen LogP contribution in [-0.2, 0) is 9.53 Å². The molecule has 6 nitrogen and oxygen atoms in total. The average Bonchev–Trinajstić information content (AvgIpc) is 2.45. The molecule has 22 heavy (non-hydrogen) atoms. The van der Waals surface area contributed by atoms with Crippen LogP contribution < -0.4 is 16.0 Å². The van der Waals surface area contributed by atoms with Gasteiger partial charge in [0.1, 0.15) is 0 Å². The number of unbranched alkanes of at least 4 members (excludes halogenated alkanes) is 1. The summed E-state index contributed by atoms with van der Waals surface area (Å²) in [6.07, 6.45) is 2.04. The van der Waals surface area contributed by atoms with Gasteiger partial charge in [-0.15, -0.1) is 0 Å². The van der Waals surface area contributed by atoms with Crippen molar-refractivity contribution in [2.75, 3.05) is 39.4 Å². The molecule has 0 aliphatic rings. The Balaban J connectivity index is 3.91. The van der Waals surface area contributed by atoms with Gasteiger partial charge in [0.15, 0.2) is 5.96 Å². The Morgan fingerprint density at radius 2 is 1.73 bits per heavy atom. The van der Waals surface area contributed by atoms with Crippen LogP contribution in [-0.4, -0.2) is 51.3 Å². The van der Waals surface area contributed by atoms with Crippen LogP contribution in [0.2, 0.25) is 0 Å². The van der Waals surface area contributed by atoms with E-state index in [0.29, 0.717) is 13.1 Å². The van der Waals surface area contributed by atoms with Gasteiger partial charge in [0, 0.05) is 44.8 Å². The lowest BCUT2D eigenvalue weighted by molar-refractivity contribution is -0.128. The van der Waals surface area contributed by atoms with Gasteiger partial charge in [0.2, 0.25) is 5.91 Å². The fraction of sp³-hybridized carbons (Fsp3) is 0.875. The Morgan fingerprint density at radius 1 is 1.05 bits per heavy atom. The summed E-state index contributed by atoms with van der Waals surface area (Å²) in [4.78, 5) is 16.2. The highest BCUT2D eigenvalue weighted by Gasteiger charge is 2.20. The predicted octanol–water partition coefficient (Wildman–Crippen LogP) is 1.52. The summed E-state index contributed by atoms with van der Waals surface area (Å²) < 4.78 is 5.30. The molecule has 0 heterocycles. The molecule has 3 N–H and O–H groups in total. The number of nitrogens with one attached hydrogen (secondary N) is 3. The molecule has 0 saturated carbocycles. The van der Waals surface area contributed by atoms with Gasteiger partial charge in [-0.1, -0.05) is 20.8 Å². The van der Waals surface area contributed by atoms with Crippen molar-refractivity contribution in [3.8, 4) is 0 Å². The summed E-state index contributed by atoms with van der Waals surface area (Å²) in [5.74, 6) is 0.857. The molecule has 0 fully saturated rings. The van der Waals surface area contributed by atoms with Crippen molar-refractivity contribution >= 4 is 11.9 Å². The lowest BCUT2D eigenvalue weighted by Crippen LogP contribution is -2.43. The number of aliphatic imine (C=N–C) groups is 1. The number of guanidine groups is 1. The fourth-order valence-electron chi connectivity index (χ4n) is 1.61. The first-order valence-corrected chi connectivity index (χ1v) is 8.30. The van der Waals surface area contributed by atoms with Crippen LogP contribution >= 0.6 is 0 Å². The second kappa shape index (κ2) is 12.3. The van der Waals surface area contributed by atoms with Gasteiger partial charge in [-0.3, -0.25) is 9.79 Å². The van der Waals surface area contributed by atoms with Crippen LogP contribution in [0.1, 0.15) is 47.5 Å². The number of carbonyl (C=O) groups excluding carboxylic acids is 1. The van der Waals surface area contributed by atoms with Crippen molar-refractivity contribution in [3.05, 3.63) is 0 Å². The third-order valence-electron chi connectivity index (χ3n) is 2.90. The van der Waals surface area contributed by atoms with Crippen molar-refractivity contribution in [3.63, 3.8) is 0 Å². The molecule has 0 spiro atoms. The number of hydrogen-bond acceptors (Lipinski definition) is 3. The first kappa shape index (κ1) is 20.7. The minimum Gasteiger partial charge on any atom is -0.382 e. The van der Waals surface area contributed by atoms with Gasteiger partial charge >= 0.3 is 0 Å². The molecule has 0 radical (unpaired) electrons. The van der Waals surface area contributed by atoms with E-state index in [4.69, 9.17) is 4.74 Å². The highest BCUT2D eigenvalue weighted by molar-refractivity contribution is 5.81. The maximum Gasteiger partial charge on any atom is 0.225 e. The average molecular weight is 314 g/mol. The Kier molecular flexibility index (Phi) is 11.5. The van der Waals surface area contributed by atoms with E-state index in [9.17, 15) is 4.79 Å². The molecular formula is C16H34N4O2. The molecule has 0 aliphatic heterocycles. The standard InChI is InChI=1S/C16H34N4O2/c1-6-17-15(19-10-8-9-13-22-7-2)20-12-11-18-14(21)16(3,4)5/h6-13H2,1-5H3,(H,18,21)(H2,17,19,20). The van der Waals surface area contributed by atoms with Crippen molar-refractivity contribution in [2.45, 2.75) is 47.5 Å². The second-order valence-corrected chi connectivity index (χ2v) is 6.10. The molecule has 0 bridgehead atoms. The SMILES string of the molecule is CCNC(=NCCCCOCC)NCCNC(=O)C(C)(C)C. The minimum atomic E-state index is -0.348. The third kappa shape index (κ3) is 11.4. The van der Waals surface area contributed by atoms with Crippen LogP contribution in [0.3, 0.4) is 0 Å². The van der Waals surface area contributed by atoms with Crippen molar-refractivity contribution in [1.82, 2.24) is 16.0 Å². The van der Waals surface area contributed by atoms with Crippen LogP contribution in [0.5, 0.6) is 0 Å². The Bertz CT molecular complexity index is 325. The van der Waals surface area contributed by atoms with E-state index < -0.39 is 0 Å². The molecule has 0 aromatic heterocycles. The molecule has 0 aromatic rings. The smallest absolute Gasteiger partial charge is 0.225 e. The molecule has 130 valence electrons. The minimum absolute atomic E-state index is 0.0622. The number of nitrogens with zero attached hydrogens (tertiary/aromatic N) is 1. The molecule has 1 amide bonds. The van der Waals surface area contributed by atoms with E-state index >= 15 is 0 Å². The molecule has 0 unspecified atom stereocenters. The first-order valence-electron chi connectivity index (χ1n) is 8.30. The molecule has 0 aromatic carbocycles. The van der Waals surface area contributed by atoms with E-state index in [2.05, 4.69) is 20.9 Å². The maximum atomic E-state index is 11.7. The van der Waals surface area contributed by atoms with Gasteiger partial charge in [-0.25, -0.2) is 0 Å². The Hall–Kier alpha value is -1.30. The van der Waals surface area contributed by atoms with E-state index in [0.717, 1.165) is 45.1 Å².